The minimum atomic E-state index is 0.516. The number of nitrogens with zero attached hydrogens (tertiary/aromatic N) is 4. The van der Waals surface area contributed by atoms with Gasteiger partial charge >= 0.3 is 0 Å². The second kappa shape index (κ2) is 10.2. The number of furan rings is 1. The molecule has 7 heteroatoms. The van der Waals surface area contributed by atoms with E-state index in [-0.39, 0.29) is 0 Å². The molecule has 6 aromatic carbocycles. The van der Waals surface area contributed by atoms with Crippen molar-refractivity contribution in [1.82, 2.24) is 19.9 Å². The third kappa shape index (κ3) is 4.10. The summed E-state index contributed by atoms with van der Waals surface area (Å²) in [7, 11) is 0. The van der Waals surface area contributed by atoms with Crippen LogP contribution >= 0.6 is 11.3 Å². The molecule has 10 rings (SSSR count). The highest BCUT2D eigenvalue weighted by molar-refractivity contribution is 7.26. The molecule has 4 aromatic heterocycles. The van der Waals surface area contributed by atoms with Crippen molar-refractivity contribution in [3.05, 3.63) is 133 Å². The molecule has 10 aromatic rings. The number of para-hydroxylation sites is 4. The third-order valence-corrected chi connectivity index (χ3v) is 9.82. The van der Waals surface area contributed by atoms with Gasteiger partial charge in [0.15, 0.2) is 23.1 Å². The third-order valence-electron chi connectivity index (χ3n) is 8.60. The molecule has 0 amide bonds. The first-order chi connectivity index (χ1) is 23.3. The van der Waals surface area contributed by atoms with Crippen LogP contribution in [-0.2, 0) is 0 Å². The first kappa shape index (κ1) is 26.1. The zero-order valence-electron chi connectivity index (χ0n) is 24.7. The highest BCUT2D eigenvalue weighted by Crippen LogP contribution is 2.42. The van der Waals surface area contributed by atoms with E-state index in [4.69, 9.17) is 28.8 Å². The van der Waals surface area contributed by atoms with Crippen LogP contribution in [0.5, 0.6) is 0 Å². The van der Waals surface area contributed by atoms with Crippen LogP contribution in [-0.4, -0.2) is 19.9 Å². The number of oxazole rings is 1. The van der Waals surface area contributed by atoms with Crippen LogP contribution in [0.15, 0.2) is 142 Å². The van der Waals surface area contributed by atoms with Gasteiger partial charge in [-0.1, -0.05) is 97.1 Å². The van der Waals surface area contributed by atoms with Crippen molar-refractivity contribution in [2.75, 3.05) is 0 Å². The van der Waals surface area contributed by atoms with Crippen molar-refractivity contribution >= 4 is 64.5 Å². The summed E-state index contributed by atoms with van der Waals surface area (Å²) in [6.07, 6.45) is 0. The molecule has 0 unspecified atom stereocenters. The number of hydrogen-bond acceptors (Lipinski definition) is 7. The molecule has 0 saturated carbocycles. The first-order valence-corrected chi connectivity index (χ1v) is 16.1. The molecule has 0 aliphatic heterocycles. The molecule has 0 spiro atoms. The number of hydrogen-bond donors (Lipinski definition) is 0. The molecule has 4 heterocycles. The van der Waals surface area contributed by atoms with Gasteiger partial charge in [-0.3, -0.25) is 0 Å². The van der Waals surface area contributed by atoms with Crippen molar-refractivity contribution < 1.29 is 8.83 Å². The lowest BCUT2D eigenvalue weighted by Crippen LogP contribution is -2.00. The van der Waals surface area contributed by atoms with Gasteiger partial charge in [-0.2, -0.15) is 0 Å². The Labute approximate surface area is 271 Å². The van der Waals surface area contributed by atoms with Gasteiger partial charge in [-0.15, -0.1) is 11.3 Å². The Morgan fingerprint density at radius 2 is 1.04 bits per heavy atom. The lowest BCUT2D eigenvalue weighted by molar-refractivity contribution is 0.615. The smallest absolute Gasteiger partial charge is 0.231 e. The molecule has 0 aliphatic rings. The second-order valence-corrected chi connectivity index (χ2v) is 12.5. The van der Waals surface area contributed by atoms with Gasteiger partial charge in [0.05, 0.1) is 11.1 Å². The van der Waals surface area contributed by atoms with Crippen LogP contribution in [0.4, 0.5) is 0 Å². The molecule has 0 radical (unpaired) electrons. The second-order valence-electron chi connectivity index (χ2n) is 11.4. The molecule has 0 saturated heterocycles. The van der Waals surface area contributed by atoms with Crippen LogP contribution in [0.1, 0.15) is 0 Å². The maximum absolute atomic E-state index is 6.72. The molecule has 0 fully saturated rings. The molecule has 220 valence electrons. The van der Waals surface area contributed by atoms with Crippen molar-refractivity contribution in [1.29, 1.82) is 0 Å². The van der Waals surface area contributed by atoms with Gasteiger partial charge < -0.3 is 8.83 Å². The van der Waals surface area contributed by atoms with Gasteiger partial charge in [0.25, 0.3) is 0 Å². The quantitative estimate of drug-likeness (QED) is 0.194. The van der Waals surface area contributed by atoms with E-state index in [2.05, 4.69) is 54.6 Å². The summed E-state index contributed by atoms with van der Waals surface area (Å²) in [6.45, 7) is 0. The van der Waals surface area contributed by atoms with Gasteiger partial charge in [0.1, 0.15) is 16.7 Å². The van der Waals surface area contributed by atoms with E-state index in [9.17, 15) is 0 Å². The Kier molecular flexibility index (Phi) is 5.64. The van der Waals surface area contributed by atoms with Gasteiger partial charge in [-0.05, 0) is 36.4 Å². The summed E-state index contributed by atoms with van der Waals surface area (Å²) < 4.78 is 15.3. The fraction of sp³-hybridized carbons (Fsp3) is 0. The largest absolute Gasteiger partial charge is 0.454 e. The highest BCUT2D eigenvalue weighted by Gasteiger charge is 2.21. The Bertz CT molecular complexity index is 2780. The number of aromatic nitrogens is 4. The van der Waals surface area contributed by atoms with Crippen LogP contribution in [0.25, 0.3) is 98.8 Å². The number of benzene rings is 6. The minimum absolute atomic E-state index is 0.516. The number of rotatable bonds is 4. The van der Waals surface area contributed by atoms with Crippen molar-refractivity contribution in [3.63, 3.8) is 0 Å². The molecular formula is C40H22N4O2S. The van der Waals surface area contributed by atoms with Gasteiger partial charge in [-0.25, -0.2) is 19.9 Å². The molecular weight excluding hydrogens is 601 g/mol. The summed E-state index contributed by atoms with van der Waals surface area (Å²) in [5.74, 6) is 2.28. The number of fused-ring (bicyclic) bond motifs is 7. The zero-order chi connectivity index (χ0) is 30.9. The van der Waals surface area contributed by atoms with E-state index in [0.29, 0.717) is 34.5 Å². The average molecular weight is 623 g/mol. The minimum Gasteiger partial charge on any atom is -0.454 e. The molecule has 47 heavy (non-hydrogen) atoms. The predicted molar refractivity (Wildman–Crippen MR) is 189 cm³/mol. The molecule has 0 bridgehead atoms. The Morgan fingerprint density at radius 1 is 0.426 bits per heavy atom. The van der Waals surface area contributed by atoms with E-state index in [1.807, 2.05) is 78.9 Å². The van der Waals surface area contributed by atoms with E-state index < -0.39 is 0 Å². The fourth-order valence-electron chi connectivity index (χ4n) is 6.41. The Balaban J connectivity index is 1.22. The summed E-state index contributed by atoms with van der Waals surface area (Å²) in [6, 6.07) is 44.8. The SMILES string of the molecule is c1ccc(-c2nc(-c3cccc4c3oc3c(-c5nc6ccccc6o5)cccc34)nc(-c3cccc4c3sc3ccccc34)n2)cc1. The fourth-order valence-corrected chi connectivity index (χ4v) is 7.62. The highest BCUT2D eigenvalue weighted by atomic mass is 32.1. The molecule has 0 aliphatic carbocycles. The Hall–Kier alpha value is -6.18. The van der Waals surface area contributed by atoms with Crippen LogP contribution < -0.4 is 0 Å². The molecule has 6 nitrogen and oxygen atoms in total. The lowest BCUT2D eigenvalue weighted by atomic mass is 10.1. The van der Waals surface area contributed by atoms with Crippen LogP contribution in [0.3, 0.4) is 0 Å². The van der Waals surface area contributed by atoms with Gasteiger partial charge in [0, 0.05) is 42.1 Å². The van der Waals surface area contributed by atoms with Crippen LogP contribution in [0.2, 0.25) is 0 Å². The van der Waals surface area contributed by atoms with Crippen molar-refractivity contribution in [3.8, 4) is 45.6 Å². The summed E-state index contributed by atoms with van der Waals surface area (Å²) in [5.41, 5.74) is 6.39. The Morgan fingerprint density at radius 3 is 1.87 bits per heavy atom. The summed E-state index contributed by atoms with van der Waals surface area (Å²) in [5, 5.41) is 4.35. The zero-order valence-corrected chi connectivity index (χ0v) is 25.5. The van der Waals surface area contributed by atoms with Crippen molar-refractivity contribution in [2.24, 2.45) is 0 Å². The van der Waals surface area contributed by atoms with E-state index in [1.165, 1.54) is 15.5 Å². The van der Waals surface area contributed by atoms with E-state index in [0.717, 1.165) is 48.8 Å². The monoisotopic (exact) mass is 622 g/mol. The summed E-state index contributed by atoms with van der Waals surface area (Å²) in [4.78, 5) is 20.0. The molecule has 0 N–H and O–H groups in total. The standard InChI is InChI=1S/C40H22N4O2S/c1-2-11-23(12-3-1)37-42-38(44-39(43-37)30-19-10-16-27-24-13-4-7-22-33(24)47-36(27)30)28-17-8-14-25-26-15-9-18-29(35(26)46-34(25)28)40-41-31-20-5-6-21-32(31)45-40/h1-22H. The maximum Gasteiger partial charge on any atom is 0.231 e. The van der Waals surface area contributed by atoms with Crippen LogP contribution in [0, 0.1) is 0 Å². The molecule has 0 atom stereocenters. The van der Waals surface area contributed by atoms with E-state index in [1.54, 1.807) is 11.3 Å². The normalized spacial score (nSPS) is 11.8. The predicted octanol–water partition coefficient (Wildman–Crippen LogP) is 10.9. The van der Waals surface area contributed by atoms with Gasteiger partial charge in [0.2, 0.25) is 5.89 Å². The number of thiophene rings is 1. The van der Waals surface area contributed by atoms with E-state index >= 15 is 0 Å². The average Bonchev–Trinajstić information content (AvgIpc) is 3.85. The first-order valence-electron chi connectivity index (χ1n) is 15.3. The topological polar surface area (TPSA) is 77.8 Å². The lowest BCUT2D eigenvalue weighted by Gasteiger charge is -2.09. The summed E-state index contributed by atoms with van der Waals surface area (Å²) >= 11 is 1.76. The van der Waals surface area contributed by atoms with Crippen molar-refractivity contribution in [2.45, 2.75) is 0 Å². The maximum atomic E-state index is 6.72.